The molecule has 0 bridgehead atoms. The van der Waals surface area contributed by atoms with Crippen LogP contribution >= 0.6 is 0 Å². The summed E-state index contributed by atoms with van der Waals surface area (Å²) in [5, 5.41) is 3.79. The van der Waals surface area contributed by atoms with Gasteiger partial charge in [-0.25, -0.2) is 0 Å². The molecular formula is C15H31N. The summed E-state index contributed by atoms with van der Waals surface area (Å²) in [6.07, 6.45) is 5.56. The Morgan fingerprint density at radius 1 is 1.19 bits per heavy atom. The molecule has 1 aliphatic carbocycles. The Morgan fingerprint density at radius 2 is 1.88 bits per heavy atom. The van der Waals surface area contributed by atoms with Gasteiger partial charge in [-0.15, -0.1) is 0 Å². The van der Waals surface area contributed by atoms with E-state index in [9.17, 15) is 0 Å². The van der Waals surface area contributed by atoms with E-state index in [1.807, 2.05) is 0 Å². The van der Waals surface area contributed by atoms with Crippen molar-refractivity contribution >= 4 is 0 Å². The maximum absolute atomic E-state index is 3.79. The molecule has 0 aliphatic heterocycles. The van der Waals surface area contributed by atoms with Crippen molar-refractivity contribution < 1.29 is 0 Å². The first-order valence-electron chi connectivity index (χ1n) is 7.31. The summed E-state index contributed by atoms with van der Waals surface area (Å²) < 4.78 is 0. The van der Waals surface area contributed by atoms with Crippen molar-refractivity contribution in [3.05, 3.63) is 0 Å². The molecule has 1 heteroatoms. The molecule has 0 radical (unpaired) electrons. The van der Waals surface area contributed by atoms with Crippen molar-refractivity contribution in [1.82, 2.24) is 5.32 Å². The van der Waals surface area contributed by atoms with Crippen LogP contribution < -0.4 is 5.32 Å². The summed E-state index contributed by atoms with van der Waals surface area (Å²) in [5.41, 5.74) is 0. The Bertz CT molecular complexity index is 188. The fourth-order valence-electron chi connectivity index (χ4n) is 3.32. The first kappa shape index (κ1) is 14.0. The molecule has 4 unspecified atom stereocenters. The molecule has 0 aromatic rings. The van der Waals surface area contributed by atoms with Crippen LogP contribution in [0, 0.1) is 23.7 Å². The molecule has 1 saturated carbocycles. The van der Waals surface area contributed by atoms with E-state index < -0.39 is 0 Å². The molecule has 0 aromatic carbocycles. The smallest absolute Gasteiger partial charge is 0.0121 e. The van der Waals surface area contributed by atoms with Gasteiger partial charge < -0.3 is 5.32 Å². The molecule has 1 aliphatic rings. The van der Waals surface area contributed by atoms with E-state index in [4.69, 9.17) is 0 Å². The van der Waals surface area contributed by atoms with Gasteiger partial charge in [0, 0.05) is 6.04 Å². The van der Waals surface area contributed by atoms with Gasteiger partial charge in [-0.1, -0.05) is 47.5 Å². The van der Waals surface area contributed by atoms with Gasteiger partial charge in [-0.3, -0.25) is 0 Å². The SMILES string of the molecule is CCCNC(C(C)C)C1CCCC(C)C1C. The van der Waals surface area contributed by atoms with Crippen molar-refractivity contribution in [2.45, 2.75) is 66.3 Å². The Morgan fingerprint density at radius 3 is 2.44 bits per heavy atom. The summed E-state index contributed by atoms with van der Waals surface area (Å²) in [4.78, 5) is 0. The highest BCUT2D eigenvalue weighted by atomic mass is 14.9. The normalized spacial score (nSPS) is 33.0. The largest absolute Gasteiger partial charge is 0.313 e. The highest BCUT2D eigenvalue weighted by Crippen LogP contribution is 2.37. The topological polar surface area (TPSA) is 12.0 Å². The average molecular weight is 225 g/mol. The van der Waals surface area contributed by atoms with Crippen LogP contribution in [0.3, 0.4) is 0 Å². The second kappa shape index (κ2) is 6.64. The third-order valence-electron chi connectivity index (χ3n) is 4.58. The van der Waals surface area contributed by atoms with E-state index in [-0.39, 0.29) is 0 Å². The Kier molecular flexibility index (Phi) is 5.82. The maximum Gasteiger partial charge on any atom is 0.0121 e. The molecule has 1 nitrogen and oxygen atoms in total. The number of rotatable bonds is 5. The maximum atomic E-state index is 3.79. The number of nitrogens with one attached hydrogen (secondary N) is 1. The Hall–Kier alpha value is -0.0400. The lowest BCUT2D eigenvalue weighted by Crippen LogP contribution is -2.45. The lowest BCUT2D eigenvalue weighted by Gasteiger charge is -2.41. The van der Waals surface area contributed by atoms with Crippen molar-refractivity contribution in [2.75, 3.05) is 6.54 Å². The van der Waals surface area contributed by atoms with Gasteiger partial charge in [-0.05, 0) is 43.1 Å². The van der Waals surface area contributed by atoms with Crippen LogP contribution in [-0.4, -0.2) is 12.6 Å². The minimum atomic E-state index is 0.734. The zero-order valence-corrected chi connectivity index (χ0v) is 11.9. The highest BCUT2D eigenvalue weighted by molar-refractivity contribution is 4.87. The van der Waals surface area contributed by atoms with Gasteiger partial charge in [-0.2, -0.15) is 0 Å². The molecule has 0 amide bonds. The molecule has 1 rings (SSSR count). The molecule has 0 saturated heterocycles. The second-order valence-electron chi connectivity index (χ2n) is 6.16. The van der Waals surface area contributed by atoms with E-state index in [0.29, 0.717) is 0 Å². The van der Waals surface area contributed by atoms with Gasteiger partial charge in [0.05, 0.1) is 0 Å². The number of hydrogen-bond acceptors (Lipinski definition) is 1. The van der Waals surface area contributed by atoms with E-state index in [0.717, 1.165) is 29.7 Å². The zero-order valence-electron chi connectivity index (χ0n) is 11.9. The van der Waals surface area contributed by atoms with Crippen LogP contribution in [0.15, 0.2) is 0 Å². The van der Waals surface area contributed by atoms with Gasteiger partial charge in [0.25, 0.3) is 0 Å². The van der Waals surface area contributed by atoms with Crippen LogP contribution in [0.25, 0.3) is 0 Å². The fourth-order valence-corrected chi connectivity index (χ4v) is 3.32. The second-order valence-corrected chi connectivity index (χ2v) is 6.16. The van der Waals surface area contributed by atoms with Gasteiger partial charge >= 0.3 is 0 Å². The summed E-state index contributed by atoms with van der Waals surface area (Å²) in [7, 11) is 0. The van der Waals surface area contributed by atoms with Crippen LogP contribution in [0.2, 0.25) is 0 Å². The van der Waals surface area contributed by atoms with E-state index in [1.165, 1.54) is 32.2 Å². The minimum absolute atomic E-state index is 0.734. The lowest BCUT2D eigenvalue weighted by molar-refractivity contribution is 0.119. The minimum Gasteiger partial charge on any atom is -0.313 e. The van der Waals surface area contributed by atoms with Crippen molar-refractivity contribution in [3.8, 4) is 0 Å². The monoisotopic (exact) mass is 225 g/mol. The number of hydrogen-bond donors (Lipinski definition) is 1. The average Bonchev–Trinajstić information content (AvgIpc) is 2.24. The lowest BCUT2D eigenvalue weighted by atomic mass is 9.68. The standard InChI is InChI=1S/C15H31N/c1-6-10-16-15(11(2)3)14-9-7-8-12(4)13(14)5/h11-16H,6-10H2,1-5H3. The summed E-state index contributed by atoms with van der Waals surface area (Å²) >= 11 is 0. The summed E-state index contributed by atoms with van der Waals surface area (Å²) in [5.74, 6) is 3.48. The van der Waals surface area contributed by atoms with Crippen LogP contribution in [-0.2, 0) is 0 Å². The quantitative estimate of drug-likeness (QED) is 0.743. The van der Waals surface area contributed by atoms with E-state index in [1.54, 1.807) is 0 Å². The van der Waals surface area contributed by atoms with Gasteiger partial charge in [0.15, 0.2) is 0 Å². The highest BCUT2D eigenvalue weighted by Gasteiger charge is 2.33. The first-order valence-corrected chi connectivity index (χ1v) is 7.31. The van der Waals surface area contributed by atoms with Crippen molar-refractivity contribution in [3.63, 3.8) is 0 Å². The van der Waals surface area contributed by atoms with E-state index in [2.05, 4.69) is 39.9 Å². The van der Waals surface area contributed by atoms with E-state index >= 15 is 0 Å². The summed E-state index contributed by atoms with van der Waals surface area (Å²) in [6.45, 7) is 13.1. The molecule has 1 fully saturated rings. The third kappa shape index (κ3) is 3.48. The van der Waals surface area contributed by atoms with Crippen LogP contribution in [0.1, 0.15) is 60.3 Å². The molecule has 16 heavy (non-hydrogen) atoms. The summed E-state index contributed by atoms with van der Waals surface area (Å²) in [6, 6.07) is 0.734. The van der Waals surface area contributed by atoms with Gasteiger partial charge in [0.1, 0.15) is 0 Å². The Balaban J connectivity index is 2.61. The predicted molar refractivity (Wildman–Crippen MR) is 72.6 cm³/mol. The molecule has 0 aromatic heterocycles. The van der Waals surface area contributed by atoms with Gasteiger partial charge in [0.2, 0.25) is 0 Å². The molecule has 1 N–H and O–H groups in total. The first-order chi connectivity index (χ1) is 7.57. The molecule has 96 valence electrons. The molecule has 4 atom stereocenters. The molecule has 0 heterocycles. The van der Waals surface area contributed by atoms with Crippen molar-refractivity contribution in [1.29, 1.82) is 0 Å². The Labute approximate surface area is 102 Å². The van der Waals surface area contributed by atoms with Crippen LogP contribution in [0.5, 0.6) is 0 Å². The predicted octanol–water partition coefficient (Wildman–Crippen LogP) is 4.08. The van der Waals surface area contributed by atoms with Crippen molar-refractivity contribution in [2.24, 2.45) is 23.7 Å². The third-order valence-corrected chi connectivity index (χ3v) is 4.58. The fraction of sp³-hybridized carbons (Fsp3) is 1.00. The molecule has 0 spiro atoms. The zero-order chi connectivity index (χ0) is 12.1. The van der Waals surface area contributed by atoms with Crippen LogP contribution in [0.4, 0.5) is 0 Å². The molecular weight excluding hydrogens is 194 g/mol.